The second-order valence-electron chi connectivity index (χ2n) is 6.16. The summed E-state index contributed by atoms with van der Waals surface area (Å²) in [6.07, 6.45) is 0. The lowest BCUT2D eigenvalue weighted by molar-refractivity contribution is 0.102. The number of nitrogens with one attached hydrogen (secondary N) is 1. The number of carbonyl (C=O) groups excluding carboxylic acids is 1. The Kier molecular flexibility index (Phi) is 4.60. The molecule has 0 bridgehead atoms. The van der Waals surface area contributed by atoms with Gasteiger partial charge in [0.15, 0.2) is 5.58 Å². The minimum atomic E-state index is -0.181. The molecule has 4 nitrogen and oxygen atoms in total. The van der Waals surface area contributed by atoms with Crippen molar-refractivity contribution >= 4 is 45.9 Å². The zero-order valence-corrected chi connectivity index (χ0v) is 15.8. The van der Waals surface area contributed by atoms with Crippen LogP contribution in [0.5, 0.6) is 0 Å². The molecule has 4 aromatic rings. The molecule has 4 rings (SSSR count). The third kappa shape index (κ3) is 3.68. The number of amides is 1. The van der Waals surface area contributed by atoms with Crippen LogP contribution in [0, 0.1) is 6.92 Å². The highest BCUT2D eigenvalue weighted by molar-refractivity contribution is 6.38. The Bertz CT molecular complexity index is 1150. The average Bonchev–Trinajstić information content (AvgIpc) is 3.07. The second-order valence-corrected chi connectivity index (χ2v) is 7.00. The maximum Gasteiger partial charge on any atom is 0.255 e. The predicted molar refractivity (Wildman–Crippen MR) is 109 cm³/mol. The summed E-state index contributed by atoms with van der Waals surface area (Å²) in [7, 11) is 0. The van der Waals surface area contributed by atoms with Gasteiger partial charge in [-0.2, -0.15) is 0 Å². The van der Waals surface area contributed by atoms with Gasteiger partial charge < -0.3 is 9.73 Å². The Morgan fingerprint density at radius 1 is 1.04 bits per heavy atom. The SMILES string of the molecule is Cc1ccc(C(=O)Nc2cccc(-c3nc4cc(Cl)cc(Cl)c4o3)c2)cc1. The number of aromatic nitrogens is 1. The first-order valence-electron chi connectivity index (χ1n) is 8.23. The Hall–Kier alpha value is -2.82. The number of hydrogen-bond acceptors (Lipinski definition) is 3. The van der Waals surface area contributed by atoms with Gasteiger partial charge in [-0.05, 0) is 49.4 Å². The van der Waals surface area contributed by atoms with Gasteiger partial charge in [-0.3, -0.25) is 4.79 Å². The normalized spacial score (nSPS) is 10.9. The third-order valence-corrected chi connectivity index (χ3v) is 4.59. The summed E-state index contributed by atoms with van der Waals surface area (Å²) in [6.45, 7) is 1.98. The van der Waals surface area contributed by atoms with Crippen molar-refractivity contribution < 1.29 is 9.21 Å². The predicted octanol–water partition coefficient (Wildman–Crippen LogP) is 6.36. The topological polar surface area (TPSA) is 55.1 Å². The number of benzene rings is 3. The van der Waals surface area contributed by atoms with E-state index in [2.05, 4.69) is 10.3 Å². The van der Waals surface area contributed by atoms with Crippen LogP contribution in [0.25, 0.3) is 22.6 Å². The molecule has 0 atom stereocenters. The first kappa shape index (κ1) is 17.6. The van der Waals surface area contributed by atoms with E-state index in [0.29, 0.717) is 38.3 Å². The van der Waals surface area contributed by atoms with Gasteiger partial charge in [-0.1, -0.05) is 47.0 Å². The van der Waals surface area contributed by atoms with Crippen LogP contribution in [0.4, 0.5) is 5.69 Å². The van der Waals surface area contributed by atoms with Crippen LogP contribution in [0.2, 0.25) is 10.0 Å². The first-order valence-corrected chi connectivity index (χ1v) is 8.99. The average molecular weight is 397 g/mol. The fourth-order valence-electron chi connectivity index (χ4n) is 2.72. The van der Waals surface area contributed by atoms with E-state index in [1.165, 1.54) is 0 Å². The maximum atomic E-state index is 12.4. The number of hydrogen-bond donors (Lipinski definition) is 1. The first-order chi connectivity index (χ1) is 13.0. The standard InChI is InChI=1S/C21H14Cl2N2O2/c1-12-5-7-13(8-6-12)20(26)24-16-4-2-3-14(9-16)21-25-18-11-15(22)10-17(23)19(18)27-21/h2-11H,1H3,(H,24,26). The molecule has 0 aliphatic rings. The van der Waals surface area contributed by atoms with E-state index in [-0.39, 0.29) is 5.91 Å². The minimum absolute atomic E-state index is 0.181. The van der Waals surface area contributed by atoms with Crippen molar-refractivity contribution in [2.75, 3.05) is 5.32 Å². The quantitative estimate of drug-likeness (QED) is 0.438. The van der Waals surface area contributed by atoms with Crippen molar-refractivity contribution in [1.29, 1.82) is 0 Å². The van der Waals surface area contributed by atoms with E-state index < -0.39 is 0 Å². The Morgan fingerprint density at radius 3 is 2.59 bits per heavy atom. The Labute approximate surface area is 165 Å². The number of fused-ring (bicyclic) bond motifs is 1. The fourth-order valence-corrected chi connectivity index (χ4v) is 3.24. The largest absolute Gasteiger partial charge is 0.435 e. The van der Waals surface area contributed by atoms with Crippen molar-refractivity contribution in [3.8, 4) is 11.5 Å². The monoisotopic (exact) mass is 396 g/mol. The van der Waals surface area contributed by atoms with Crippen molar-refractivity contribution in [3.05, 3.63) is 81.8 Å². The van der Waals surface area contributed by atoms with Gasteiger partial charge in [0.2, 0.25) is 5.89 Å². The van der Waals surface area contributed by atoms with Crippen LogP contribution in [-0.2, 0) is 0 Å². The van der Waals surface area contributed by atoms with Gasteiger partial charge in [-0.25, -0.2) is 4.98 Å². The summed E-state index contributed by atoms with van der Waals surface area (Å²) >= 11 is 12.2. The van der Waals surface area contributed by atoms with Gasteiger partial charge in [-0.15, -0.1) is 0 Å². The van der Waals surface area contributed by atoms with Crippen molar-refractivity contribution in [2.24, 2.45) is 0 Å². The number of oxazole rings is 1. The fraction of sp³-hybridized carbons (Fsp3) is 0.0476. The molecule has 1 N–H and O–H groups in total. The van der Waals surface area contributed by atoms with Crippen molar-refractivity contribution in [2.45, 2.75) is 6.92 Å². The van der Waals surface area contributed by atoms with E-state index in [0.717, 1.165) is 11.1 Å². The molecule has 0 fully saturated rings. The molecule has 0 unspecified atom stereocenters. The molecule has 1 aromatic heterocycles. The molecule has 6 heteroatoms. The van der Waals surface area contributed by atoms with Crippen LogP contribution in [-0.4, -0.2) is 10.9 Å². The molecular formula is C21H14Cl2N2O2. The number of halogens is 2. The molecule has 0 saturated heterocycles. The smallest absolute Gasteiger partial charge is 0.255 e. The second kappa shape index (κ2) is 7.06. The Morgan fingerprint density at radius 2 is 1.81 bits per heavy atom. The highest BCUT2D eigenvalue weighted by atomic mass is 35.5. The molecule has 27 heavy (non-hydrogen) atoms. The molecule has 1 amide bonds. The van der Waals surface area contributed by atoms with E-state index in [4.69, 9.17) is 27.6 Å². The zero-order chi connectivity index (χ0) is 19.0. The lowest BCUT2D eigenvalue weighted by Crippen LogP contribution is -2.11. The van der Waals surface area contributed by atoms with Crippen molar-refractivity contribution in [3.63, 3.8) is 0 Å². The number of carbonyl (C=O) groups is 1. The number of anilines is 1. The summed E-state index contributed by atoms with van der Waals surface area (Å²) in [5.41, 5.74) is 4.11. The summed E-state index contributed by atoms with van der Waals surface area (Å²) < 4.78 is 5.78. The zero-order valence-electron chi connectivity index (χ0n) is 14.3. The molecule has 0 saturated carbocycles. The van der Waals surface area contributed by atoms with Gasteiger partial charge in [0.25, 0.3) is 5.91 Å². The highest BCUT2D eigenvalue weighted by Gasteiger charge is 2.13. The van der Waals surface area contributed by atoms with Crippen LogP contribution in [0.3, 0.4) is 0 Å². The summed E-state index contributed by atoms with van der Waals surface area (Å²) in [4.78, 5) is 16.9. The molecule has 0 spiro atoms. The molecule has 1 heterocycles. The molecule has 134 valence electrons. The van der Waals surface area contributed by atoms with Gasteiger partial charge >= 0.3 is 0 Å². The van der Waals surface area contributed by atoms with Crippen LogP contribution >= 0.6 is 23.2 Å². The van der Waals surface area contributed by atoms with Gasteiger partial charge in [0.05, 0.1) is 5.02 Å². The summed E-state index contributed by atoms with van der Waals surface area (Å²) in [5.74, 6) is 0.222. The van der Waals surface area contributed by atoms with E-state index >= 15 is 0 Å². The molecular weight excluding hydrogens is 383 g/mol. The van der Waals surface area contributed by atoms with E-state index in [9.17, 15) is 4.79 Å². The number of rotatable bonds is 3. The number of nitrogens with zero attached hydrogens (tertiary/aromatic N) is 1. The molecule has 3 aromatic carbocycles. The third-order valence-electron chi connectivity index (χ3n) is 4.09. The van der Waals surface area contributed by atoms with Crippen LogP contribution < -0.4 is 5.32 Å². The molecule has 0 aliphatic carbocycles. The van der Waals surface area contributed by atoms with Gasteiger partial charge in [0, 0.05) is 21.8 Å². The van der Waals surface area contributed by atoms with Crippen LogP contribution in [0.15, 0.2) is 65.1 Å². The number of aryl methyl sites for hydroxylation is 1. The molecule has 0 aliphatic heterocycles. The summed E-state index contributed by atoms with van der Waals surface area (Å²) in [5, 5.41) is 3.78. The lowest BCUT2D eigenvalue weighted by atomic mass is 10.1. The summed E-state index contributed by atoms with van der Waals surface area (Å²) in [6, 6.07) is 18.0. The Balaban J connectivity index is 1.63. The van der Waals surface area contributed by atoms with E-state index in [1.54, 1.807) is 30.3 Å². The van der Waals surface area contributed by atoms with E-state index in [1.807, 2.05) is 37.3 Å². The minimum Gasteiger partial charge on any atom is -0.435 e. The van der Waals surface area contributed by atoms with Crippen molar-refractivity contribution in [1.82, 2.24) is 4.98 Å². The van der Waals surface area contributed by atoms with Crippen LogP contribution in [0.1, 0.15) is 15.9 Å². The molecule has 0 radical (unpaired) electrons. The highest BCUT2D eigenvalue weighted by Crippen LogP contribution is 2.32. The maximum absolute atomic E-state index is 12.4. The van der Waals surface area contributed by atoms with Gasteiger partial charge in [0.1, 0.15) is 5.52 Å². The lowest BCUT2D eigenvalue weighted by Gasteiger charge is -2.06.